The highest BCUT2D eigenvalue weighted by atomic mass is 35.5. The van der Waals surface area contributed by atoms with E-state index in [1.807, 2.05) is 6.92 Å². The molecule has 164 valence electrons. The number of rotatable bonds is 3. The van der Waals surface area contributed by atoms with Crippen LogP contribution >= 0.6 is 23.2 Å². The van der Waals surface area contributed by atoms with Crippen LogP contribution in [0.4, 0.5) is 11.4 Å². The smallest absolute Gasteiger partial charge is 0.495 e. The Hall–Kier alpha value is -2.68. The van der Waals surface area contributed by atoms with Crippen LogP contribution in [0.15, 0.2) is 47.7 Å². The number of aliphatic hydroxyl groups excluding tert-OH is 1. The number of ether oxygens (including phenoxy) is 1. The third kappa shape index (κ3) is 2.66. The fraction of sp³-hybridized carbons (Fsp3) is 0.273. The van der Waals surface area contributed by atoms with E-state index < -0.39 is 29.6 Å². The first kappa shape index (κ1) is 21.2. The first-order chi connectivity index (χ1) is 15.1. The molecule has 1 atom stereocenters. The maximum absolute atomic E-state index is 13.7. The van der Waals surface area contributed by atoms with Crippen molar-refractivity contribution in [3.63, 3.8) is 0 Å². The molecule has 2 heterocycles. The molecule has 3 N–H and O–H groups in total. The lowest BCUT2D eigenvalue weighted by Gasteiger charge is -2.37. The van der Waals surface area contributed by atoms with E-state index >= 15 is 0 Å². The summed E-state index contributed by atoms with van der Waals surface area (Å²) < 4.78 is 5.46. The number of carbonyl (C=O) groups excluding carboxylic acids is 2. The standard InChI is InChI=1S/C22H19BCl2N2O5/c1-21(7-8-21)18(28)17-19(29)23(31)27(15-10-12(25)4-6-16(15)32-2)22(17)13-5-3-11(24)9-14(13)26-20(22)30/h3-6,9-10,28,31H,7-8H2,1-2H3,(H,26,30). The van der Waals surface area contributed by atoms with E-state index in [2.05, 4.69) is 5.32 Å². The maximum Gasteiger partial charge on any atom is 0.495 e. The Bertz CT molecular complexity index is 1230. The maximum atomic E-state index is 13.7. The van der Waals surface area contributed by atoms with Crippen molar-refractivity contribution in [3.05, 3.63) is 63.3 Å². The van der Waals surface area contributed by atoms with Crippen molar-refractivity contribution in [1.29, 1.82) is 0 Å². The molecular formula is C22H19BCl2N2O5. The number of methoxy groups -OCH3 is 1. The molecule has 5 rings (SSSR count). The summed E-state index contributed by atoms with van der Waals surface area (Å²) in [5.41, 5.74) is -2.35. The molecule has 0 bridgehead atoms. The monoisotopic (exact) mass is 472 g/mol. The second-order valence-electron chi connectivity index (χ2n) is 8.56. The van der Waals surface area contributed by atoms with E-state index in [1.165, 1.54) is 18.0 Å². The Labute approximate surface area is 194 Å². The Kier molecular flexibility index (Phi) is 4.57. The molecule has 1 spiro atoms. The van der Waals surface area contributed by atoms with E-state index in [1.54, 1.807) is 30.3 Å². The number of benzene rings is 2. The van der Waals surface area contributed by atoms with Crippen LogP contribution in [0.3, 0.4) is 0 Å². The zero-order chi connectivity index (χ0) is 23.0. The lowest BCUT2D eigenvalue weighted by Crippen LogP contribution is -2.53. The van der Waals surface area contributed by atoms with E-state index in [-0.39, 0.29) is 17.0 Å². The van der Waals surface area contributed by atoms with Gasteiger partial charge in [0, 0.05) is 26.7 Å². The van der Waals surface area contributed by atoms with E-state index in [4.69, 9.17) is 27.9 Å². The molecule has 10 heteroatoms. The van der Waals surface area contributed by atoms with Crippen LogP contribution in [0.2, 0.25) is 10.0 Å². The second kappa shape index (κ2) is 6.91. The molecule has 0 aromatic heterocycles. The molecule has 2 aromatic carbocycles. The molecule has 7 nitrogen and oxygen atoms in total. The van der Waals surface area contributed by atoms with Gasteiger partial charge in [-0.2, -0.15) is 0 Å². The van der Waals surface area contributed by atoms with Gasteiger partial charge in [-0.25, -0.2) is 0 Å². The zero-order valence-corrected chi connectivity index (χ0v) is 18.8. The number of amides is 1. The number of nitrogens with zero attached hydrogens (tertiary/aromatic N) is 1. The fourth-order valence-electron chi connectivity index (χ4n) is 4.66. The molecule has 2 aliphatic heterocycles. The van der Waals surface area contributed by atoms with Crippen molar-refractivity contribution in [3.8, 4) is 5.75 Å². The first-order valence-electron chi connectivity index (χ1n) is 10.1. The highest BCUT2D eigenvalue weighted by molar-refractivity contribution is 6.93. The van der Waals surface area contributed by atoms with Gasteiger partial charge in [-0.1, -0.05) is 36.2 Å². The molecule has 3 aliphatic rings. The van der Waals surface area contributed by atoms with Gasteiger partial charge in [0.25, 0.3) is 5.91 Å². The molecular weight excluding hydrogens is 454 g/mol. The predicted octanol–water partition coefficient (Wildman–Crippen LogP) is 3.87. The summed E-state index contributed by atoms with van der Waals surface area (Å²) in [5, 5.41) is 25.9. The third-order valence-corrected chi connectivity index (χ3v) is 7.08. The van der Waals surface area contributed by atoms with Crippen LogP contribution in [-0.4, -0.2) is 35.9 Å². The predicted molar refractivity (Wildman–Crippen MR) is 122 cm³/mol. The summed E-state index contributed by atoms with van der Waals surface area (Å²) in [5.74, 6) is -0.482. The van der Waals surface area contributed by atoms with Gasteiger partial charge < -0.3 is 25.0 Å². The average Bonchev–Trinajstić information content (AvgIpc) is 3.38. The van der Waals surface area contributed by atoms with Crippen LogP contribution in [0.25, 0.3) is 0 Å². The van der Waals surface area contributed by atoms with Crippen molar-refractivity contribution in [2.45, 2.75) is 25.3 Å². The summed E-state index contributed by atoms with van der Waals surface area (Å²) in [6.07, 6.45) is 1.33. The van der Waals surface area contributed by atoms with Crippen molar-refractivity contribution >= 4 is 53.2 Å². The van der Waals surface area contributed by atoms with Gasteiger partial charge in [-0.3, -0.25) is 9.59 Å². The van der Waals surface area contributed by atoms with Crippen LogP contribution in [0.1, 0.15) is 25.3 Å². The minimum atomic E-state index is -1.83. The van der Waals surface area contributed by atoms with Crippen LogP contribution in [0, 0.1) is 5.41 Å². The Morgan fingerprint density at radius 1 is 1.16 bits per heavy atom. The minimum absolute atomic E-state index is 0.148. The van der Waals surface area contributed by atoms with Gasteiger partial charge in [-0.05, 0) is 43.2 Å². The lowest BCUT2D eigenvalue weighted by atomic mass is 9.75. The summed E-state index contributed by atoms with van der Waals surface area (Å²) in [6, 6.07) is 9.48. The highest BCUT2D eigenvalue weighted by Crippen LogP contribution is 2.59. The minimum Gasteiger partial charge on any atom is -0.511 e. The van der Waals surface area contributed by atoms with Crippen LogP contribution in [0.5, 0.6) is 5.75 Å². The quantitative estimate of drug-likeness (QED) is 0.356. The Morgan fingerprint density at radius 3 is 2.47 bits per heavy atom. The number of fused-ring (bicyclic) bond motifs is 2. The molecule has 0 radical (unpaired) electrons. The van der Waals surface area contributed by atoms with Crippen molar-refractivity contribution < 1.29 is 24.5 Å². The SMILES string of the molecule is COc1ccc(Cl)cc1N1B(O)C(=O)C(=C(O)C2(C)CC2)C12C(=O)Nc1cc(Cl)ccc12. The number of anilines is 2. The van der Waals surface area contributed by atoms with Gasteiger partial charge in [0.05, 0.1) is 18.4 Å². The molecule has 2 aromatic rings. The number of carbonyl (C=O) groups is 2. The normalized spacial score (nSPS) is 24.7. The molecule has 32 heavy (non-hydrogen) atoms. The van der Waals surface area contributed by atoms with E-state index in [0.29, 0.717) is 39.9 Å². The lowest BCUT2D eigenvalue weighted by molar-refractivity contribution is -0.120. The number of hydrogen-bond acceptors (Lipinski definition) is 6. The molecule has 1 aliphatic carbocycles. The molecule has 1 unspecified atom stereocenters. The van der Waals surface area contributed by atoms with Gasteiger partial charge in [0.1, 0.15) is 11.5 Å². The summed E-state index contributed by atoms with van der Waals surface area (Å²) in [4.78, 5) is 28.5. The van der Waals surface area contributed by atoms with Gasteiger partial charge in [0.2, 0.25) is 0 Å². The largest absolute Gasteiger partial charge is 0.511 e. The summed E-state index contributed by atoms with van der Waals surface area (Å²) in [6.45, 7) is 1.82. The van der Waals surface area contributed by atoms with Gasteiger partial charge in [0.15, 0.2) is 11.2 Å². The molecule has 1 amide bonds. The zero-order valence-electron chi connectivity index (χ0n) is 17.3. The Balaban J connectivity index is 1.89. The van der Waals surface area contributed by atoms with Gasteiger partial charge in [-0.15, -0.1) is 0 Å². The second-order valence-corrected chi connectivity index (χ2v) is 9.44. The summed E-state index contributed by atoms with van der Waals surface area (Å²) in [7, 11) is -0.319. The fourth-order valence-corrected chi connectivity index (χ4v) is 5.00. The van der Waals surface area contributed by atoms with Crippen molar-refractivity contribution in [2.24, 2.45) is 5.41 Å². The topological polar surface area (TPSA) is 99.1 Å². The number of hydrogen-bond donors (Lipinski definition) is 3. The first-order valence-corrected chi connectivity index (χ1v) is 10.8. The highest BCUT2D eigenvalue weighted by Gasteiger charge is 2.68. The average molecular weight is 473 g/mol. The van der Waals surface area contributed by atoms with E-state index in [9.17, 15) is 19.7 Å². The molecule has 1 saturated carbocycles. The van der Waals surface area contributed by atoms with Crippen LogP contribution in [-0.2, 0) is 15.1 Å². The van der Waals surface area contributed by atoms with Gasteiger partial charge >= 0.3 is 7.05 Å². The molecule has 1 saturated heterocycles. The van der Waals surface area contributed by atoms with E-state index in [0.717, 1.165) is 0 Å². The van der Waals surface area contributed by atoms with Crippen LogP contribution < -0.4 is 14.9 Å². The summed E-state index contributed by atoms with van der Waals surface area (Å²) >= 11 is 12.4. The Morgan fingerprint density at radius 2 is 1.81 bits per heavy atom. The molecule has 2 fully saturated rings. The number of aliphatic hydroxyl groups is 1. The number of halogens is 2. The third-order valence-electron chi connectivity index (χ3n) is 6.61. The number of allylic oxidation sites excluding steroid dienone is 1. The van der Waals surface area contributed by atoms with Crippen molar-refractivity contribution in [2.75, 3.05) is 17.2 Å². The van der Waals surface area contributed by atoms with Crippen molar-refractivity contribution in [1.82, 2.24) is 0 Å². The number of nitrogens with one attached hydrogen (secondary N) is 1.